The molecule has 9 heteroatoms. The van der Waals surface area contributed by atoms with E-state index >= 15 is 0 Å². The number of likely N-dealkylation sites (N-methyl/N-ethyl adjacent to an activating group) is 1. The Bertz CT molecular complexity index is 1620. The van der Waals surface area contributed by atoms with Crippen molar-refractivity contribution in [3.63, 3.8) is 0 Å². The van der Waals surface area contributed by atoms with E-state index in [1.165, 1.54) is 0 Å². The SMILES string of the molecule is C=CCOc1c(/C=C2\[C@H]3c4c(O)c(OC)c(C)c(Br)c4C[C@@H](C(=O)N2Cc2ccccc2)N3C)cc2c(c1C)OCO2. The van der Waals surface area contributed by atoms with Crippen LogP contribution in [0.25, 0.3) is 6.08 Å². The van der Waals surface area contributed by atoms with Crippen LogP contribution in [0.15, 0.2) is 59.2 Å². The number of amides is 1. The first-order valence-electron chi connectivity index (χ1n) is 13.8. The number of piperazine rings is 1. The van der Waals surface area contributed by atoms with Gasteiger partial charge in [0, 0.05) is 32.4 Å². The van der Waals surface area contributed by atoms with E-state index < -0.39 is 12.1 Å². The molecule has 2 atom stereocenters. The molecular formula is C33H33BrN2O6. The Labute approximate surface area is 253 Å². The Morgan fingerprint density at radius 1 is 1.17 bits per heavy atom. The average Bonchev–Trinajstić information content (AvgIpc) is 3.46. The first kappa shape index (κ1) is 28.2. The summed E-state index contributed by atoms with van der Waals surface area (Å²) in [5.41, 5.74) is 5.65. The summed E-state index contributed by atoms with van der Waals surface area (Å²) in [6.07, 6.45) is 4.11. The van der Waals surface area contributed by atoms with Crippen molar-refractivity contribution >= 4 is 27.9 Å². The zero-order valence-corrected chi connectivity index (χ0v) is 25.7. The quantitative estimate of drug-likeness (QED) is 0.317. The number of hydrogen-bond donors (Lipinski definition) is 1. The van der Waals surface area contributed by atoms with Gasteiger partial charge in [0.25, 0.3) is 0 Å². The van der Waals surface area contributed by atoms with Crippen molar-refractivity contribution in [2.45, 2.75) is 38.9 Å². The van der Waals surface area contributed by atoms with Gasteiger partial charge in [0.1, 0.15) is 12.4 Å². The summed E-state index contributed by atoms with van der Waals surface area (Å²) in [4.78, 5) is 18.2. The first-order valence-corrected chi connectivity index (χ1v) is 14.6. The second-order valence-corrected chi connectivity index (χ2v) is 11.5. The molecule has 3 aromatic carbocycles. The molecule has 3 aliphatic heterocycles. The highest BCUT2D eigenvalue weighted by atomic mass is 79.9. The van der Waals surface area contributed by atoms with Crippen LogP contribution in [0.2, 0.25) is 0 Å². The molecular weight excluding hydrogens is 600 g/mol. The molecule has 3 heterocycles. The second kappa shape index (κ2) is 11.0. The van der Waals surface area contributed by atoms with E-state index in [2.05, 4.69) is 22.5 Å². The molecule has 3 aromatic rings. The normalized spacial score (nSPS) is 20.1. The van der Waals surface area contributed by atoms with Gasteiger partial charge in [0.05, 0.1) is 25.7 Å². The van der Waals surface area contributed by atoms with Crippen LogP contribution in [0.5, 0.6) is 28.7 Å². The summed E-state index contributed by atoms with van der Waals surface area (Å²) in [7, 11) is 3.49. The first-order chi connectivity index (χ1) is 20.3. The molecule has 0 saturated carbocycles. The number of fused-ring (bicyclic) bond motifs is 5. The van der Waals surface area contributed by atoms with Crippen molar-refractivity contribution < 1.29 is 28.8 Å². The van der Waals surface area contributed by atoms with E-state index in [1.807, 2.05) is 73.2 Å². The van der Waals surface area contributed by atoms with Crippen LogP contribution in [-0.4, -0.2) is 54.4 Å². The molecule has 0 aliphatic carbocycles. The zero-order chi connectivity index (χ0) is 29.7. The monoisotopic (exact) mass is 632 g/mol. The molecule has 0 unspecified atom stereocenters. The predicted molar refractivity (Wildman–Crippen MR) is 163 cm³/mol. The maximum atomic E-state index is 14.3. The smallest absolute Gasteiger partial charge is 0.244 e. The van der Waals surface area contributed by atoms with Crippen LogP contribution in [0.4, 0.5) is 0 Å². The Balaban J connectivity index is 1.62. The number of halogens is 1. The summed E-state index contributed by atoms with van der Waals surface area (Å²) < 4.78 is 24.2. The lowest BCUT2D eigenvalue weighted by Gasteiger charge is -2.50. The molecule has 0 aromatic heterocycles. The van der Waals surface area contributed by atoms with Crippen molar-refractivity contribution in [3.8, 4) is 28.7 Å². The van der Waals surface area contributed by atoms with Crippen molar-refractivity contribution in [3.05, 3.63) is 92.6 Å². The highest BCUT2D eigenvalue weighted by molar-refractivity contribution is 9.10. The van der Waals surface area contributed by atoms with E-state index in [4.69, 9.17) is 18.9 Å². The molecule has 1 N–H and O–H groups in total. The minimum atomic E-state index is -0.455. The molecule has 1 amide bonds. The van der Waals surface area contributed by atoms with Gasteiger partial charge in [0.2, 0.25) is 12.7 Å². The van der Waals surface area contributed by atoms with E-state index in [1.54, 1.807) is 13.2 Å². The molecule has 6 rings (SSSR count). The lowest BCUT2D eigenvalue weighted by Crippen LogP contribution is -2.58. The number of rotatable bonds is 7. The van der Waals surface area contributed by atoms with E-state index in [0.29, 0.717) is 53.8 Å². The summed E-state index contributed by atoms with van der Waals surface area (Å²) in [6.45, 7) is 8.42. The molecule has 3 aliphatic rings. The predicted octanol–water partition coefficient (Wildman–Crippen LogP) is 6.05. The fourth-order valence-electron chi connectivity index (χ4n) is 6.33. The van der Waals surface area contributed by atoms with Crippen molar-refractivity contribution in [1.82, 2.24) is 9.80 Å². The maximum absolute atomic E-state index is 14.3. The molecule has 1 saturated heterocycles. The largest absolute Gasteiger partial charge is 0.504 e. The average molecular weight is 634 g/mol. The highest BCUT2D eigenvalue weighted by Crippen LogP contribution is 2.54. The molecule has 0 radical (unpaired) electrons. The minimum Gasteiger partial charge on any atom is -0.504 e. The Hall–Kier alpha value is -3.95. The van der Waals surface area contributed by atoms with Gasteiger partial charge in [0.15, 0.2) is 23.0 Å². The number of hydrogen-bond acceptors (Lipinski definition) is 7. The Morgan fingerprint density at radius 2 is 1.93 bits per heavy atom. The van der Waals surface area contributed by atoms with Gasteiger partial charge >= 0.3 is 0 Å². The number of ether oxygens (including phenoxy) is 4. The van der Waals surface area contributed by atoms with Gasteiger partial charge in [-0.3, -0.25) is 9.69 Å². The van der Waals surface area contributed by atoms with Crippen LogP contribution in [-0.2, 0) is 17.8 Å². The fraction of sp³-hybridized carbons (Fsp3) is 0.303. The third-order valence-corrected chi connectivity index (χ3v) is 9.42. The topological polar surface area (TPSA) is 80.7 Å². The fourth-order valence-corrected chi connectivity index (χ4v) is 6.89. The lowest BCUT2D eigenvalue weighted by atomic mass is 9.81. The van der Waals surface area contributed by atoms with Crippen LogP contribution >= 0.6 is 15.9 Å². The third-order valence-electron chi connectivity index (χ3n) is 8.35. The number of phenols is 1. The van der Waals surface area contributed by atoms with E-state index in [0.717, 1.165) is 32.3 Å². The van der Waals surface area contributed by atoms with E-state index in [-0.39, 0.29) is 18.4 Å². The van der Waals surface area contributed by atoms with Gasteiger partial charge in [-0.1, -0.05) is 58.9 Å². The van der Waals surface area contributed by atoms with Crippen LogP contribution in [0.1, 0.15) is 39.4 Å². The standard InChI is InChI=1S/C33H33BrN2O6/c1-6-12-40-30-19(3)31-25(41-17-42-31)14-21(30)13-23-28-26-22(27(34)18(2)32(39-5)29(26)37)15-24(35(28)4)33(38)36(23)16-20-10-8-7-9-11-20/h6-11,13-14,24,28,37H,1,12,15-17H2,2-5H3/b23-13+/t24-,28-/m0/s1. The third kappa shape index (κ3) is 4.42. The number of aromatic hydroxyl groups is 1. The lowest BCUT2D eigenvalue weighted by molar-refractivity contribution is -0.141. The second-order valence-electron chi connectivity index (χ2n) is 10.7. The maximum Gasteiger partial charge on any atom is 0.244 e. The van der Waals surface area contributed by atoms with Crippen molar-refractivity contribution in [1.29, 1.82) is 0 Å². The number of carbonyl (C=O) groups excluding carboxylic acids is 1. The van der Waals surface area contributed by atoms with Crippen LogP contribution in [0.3, 0.4) is 0 Å². The van der Waals surface area contributed by atoms with Gasteiger partial charge in [-0.25, -0.2) is 0 Å². The van der Waals surface area contributed by atoms with Gasteiger partial charge in [-0.2, -0.15) is 0 Å². The molecule has 1 fully saturated rings. The molecule has 2 bridgehead atoms. The van der Waals surface area contributed by atoms with Crippen LogP contribution < -0.4 is 18.9 Å². The van der Waals surface area contributed by atoms with Gasteiger partial charge in [-0.05, 0) is 50.6 Å². The highest BCUT2D eigenvalue weighted by Gasteiger charge is 2.49. The number of phenolic OH excluding ortho intramolecular Hbond substituents is 1. The molecule has 218 valence electrons. The minimum absolute atomic E-state index is 0.0135. The van der Waals surface area contributed by atoms with Crippen molar-refractivity contribution in [2.24, 2.45) is 0 Å². The molecule has 42 heavy (non-hydrogen) atoms. The van der Waals surface area contributed by atoms with Gasteiger partial charge in [-0.15, -0.1) is 0 Å². The van der Waals surface area contributed by atoms with Gasteiger partial charge < -0.3 is 29.0 Å². The summed E-state index contributed by atoms with van der Waals surface area (Å²) in [5.74, 6) is 2.34. The Kier molecular flexibility index (Phi) is 7.41. The summed E-state index contributed by atoms with van der Waals surface area (Å²) in [6, 6.07) is 10.9. The Morgan fingerprint density at radius 3 is 2.64 bits per heavy atom. The summed E-state index contributed by atoms with van der Waals surface area (Å²) >= 11 is 3.77. The van der Waals surface area contributed by atoms with E-state index in [9.17, 15) is 9.90 Å². The summed E-state index contributed by atoms with van der Waals surface area (Å²) in [5, 5.41) is 11.7. The molecule has 0 spiro atoms. The number of nitrogens with zero attached hydrogens (tertiary/aromatic N) is 2. The number of methoxy groups -OCH3 is 1. The van der Waals surface area contributed by atoms with Crippen molar-refractivity contribution in [2.75, 3.05) is 27.6 Å². The number of benzene rings is 3. The van der Waals surface area contributed by atoms with Crippen LogP contribution in [0, 0.1) is 13.8 Å². The zero-order valence-electron chi connectivity index (χ0n) is 24.1. The number of carbonyl (C=O) groups is 1. The molecule has 8 nitrogen and oxygen atoms in total.